The lowest BCUT2D eigenvalue weighted by molar-refractivity contribution is -0.145. The molecule has 0 saturated heterocycles. The van der Waals surface area contributed by atoms with Gasteiger partial charge in [-0.25, -0.2) is 9.69 Å². The zero-order valence-electron chi connectivity index (χ0n) is 16.3. The Morgan fingerprint density at radius 3 is 1.93 bits per heavy atom. The molecule has 6 heteroatoms. The van der Waals surface area contributed by atoms with Gasteiger partial charge in [0.2, 0.25) is 0 Å². The molecule has 1 aliphatic heterocycles. The summed E-state index contributed by atoms with van der Waals surface area (Å²) in [5.74, 6) is -0.795. The van der Waals surface area contributed by atoms with E-state index in [9.17, 15) is 14.4 Å². The second kappa shape index (κ2) is 7.83. The Hall–Kier alpha value is -3.93. The molecular formula is C24H19NO5. The fourth-order valence-electron chi connectivity index (χ4n) is 3.63. The van der Waals surface area contributed by atoms with Crippen LogP contribution < -0.4 is 14.4 Å². The molecule has 0 aromatic heterocycles. The third-order valence-corrected chi connectivity index (χ3v) is 5.14. The summed E-state index contributed by atoms with van der Waals surface area (Å²) in [6.45, 7) is 1.72. The van der Waals surface area contributed by atoms with E-state index in [1.54, 1.807) is 91.9 Å². The zero-order chi connectivity index (χ0) is 21.1. The van der Waals surface area contributed by atoms with E-state index < -0.39 is 23.4 Å². The van der Waals surface area contributed by atoms with Gasteiger partial charge in [0.25, 0.3) is 5.91 Å². The third kappa shape index (κ3) is 3.12. The number of anilines is 1. The lowest BCUT2D eigenvalue weighted by Crippen LogP contribution is -2.50. The number of carbonyl (C=O) groups is 3. The molecule has 1 atom stereocenters. The summed E-state index contributed by atoms with van der Waals surface area (Å²) in [6, 6.07) is 23.7. The molecule has 3 aromatic rings. The van der Waals surface area contributed by atoms with Gasteiger partial charge < -0.3 is 9.47 Å². The van der Waals surface area contributed by atoms with E-state index in [0.717, 1.165) is 4.90 Å². The van der Waals surface area contributed by atoms with Crippen LogP contribution in [-0.4, -0.2) is 18.0 Å². The smallest absolute Gasteiger partial charge is 0.425 e. The Bertz CT molecular complexity index is 1100. The van der Waals surface area contributed by atoms with Gasteiger partial charge >= 0.3 is 12.1 Å². The summed E-state index contributed by atoms with van der Waals surface area (Å²) in [5.41, 5.74) is -0.902. The second-order valence-corrected chi connectivity index (χ2v) is 6.80. The maximum atomic E-state index is 13.5. The Balaban J connectivity index is 1.73. The highest BCUT2D eigenvalue weighted by molar-refractivity contribution is 6.28. The van der Waals surface area contributed by atoms with Gasteiger partial charge in [-0.15, -0.1) is 0 Å². The van der Waals surface area contributed by atoms with Crippen LogP contribution in [0, 0.1) is 0 Å². The molecule has 4 rings (SSSR count). The van der Waals surface area contributed by atoms with Gasteiger partial charge in [0.15, 0.2) is 5.41 Å². The van der Waals surface area contributed by atoms with Crippen LogP contribution in [0.15, 0.2) is 84.9 Å². The Labute approximate surface area is 173 Å². The lowest BCUT2D eigenvalue weighted by Gasteiger charge is -2.24. The quantitative estimate of drug-likeness (QED) is 0.366. The Morgan fingerprint density at radius 1 is 0.800 bits per heavy atom. The predicted molar refractivity (Wildman–Crippen MR) is 110 cm³/mol. The number of esters is 1. The van der Waals surface area contributed by atoms with E-state index >= 15 is 0 Å². The maximum absolute atomic E-state index is 13.5. The van der Waals surface area contributed by atoms with Crippen LogP contribution in [0.3, 0.4) is 0 Å². The Morgan fingerprint density at radius 2 is 1.33 bits per heavy atom. The summed E-state index contributed by atoms with van der Waals surface area (Å²) in [4.78, 5) is 40.6. The molecule has 30 heavy (non-hydrogen) atoms. The monoisotopic (exact) mass is 401 g/mol. The van der Waals surface area contributed by atoms with Gasteiger partial charge in [0, 0.05) is 5.56 Å². The van der Waals surface area contributed by atoms with Crippen molar-refractivity contribution in [2.45, 2.75) is 18.8 Å². The third-order valence-electron chi connectivity index (χ3n) is 5.14. The van der Waals surface area contributed by atoms with Crippen LogP contribution in [0.1, 0.15) is 18.9 Å². The summed E-state index contributed by atoms with van der Waals surface area (Å²) in [6.07, 6.45) is -0.745. The van der Waals surface area contributed by atoms with Crippen molar-refractivity contribution >= 4 is 23.7 Å². The van der Waals surface area contributed by atoms with Gasteiger partial charge in [0.1, 0.15) is 11.5 Å². The van der Waals surface area contributed by atoms with Crippen molar-refractivity contribution in [3.63, 3.8) is 0 Å². The number of carbonyl (C=O) groups excluding carboxylic acids is 3. The van der Waals surface area contributed by atoms with Crippen LogP contribution >= 0.6 is 0 Å². The SMILES string of the molecule is CCC1(C(=O)Oc2ccccc2)C(=O)N(C(=O)Oc2ccccc2)c2ccccc21. The van der Waals surface area contributed by atoms with E-state index in [2.05, 4.69) is 0 Å². The standard InChI is InChI=1S/C24H19NO5/c1-2-24(22(27)29-17-11-5-3-6-12-17)19-15-9-10-16-20(19)25(21(24)26)23(28)30-18-13-7-4-8-14-18/h3-16H,2H2,1H3. The highest BCUT2D eigenvalue weighted by Crippen LogP contribution is 2.45. The van der Waals surface area contributed by atoms with Gasteiger partial charge in [-0.2, -0.15) is 0 Å². The van der Waals surface area contributed by atoms with E-state index in [4.69, 9.17) is 9.47 Å². The number of hydrogen-bond donors (Lipinski definition) is 0. The van der Waals surface area contributed by atoms with E-state index in [1.165, 1.54) is 0 Å². The molecule has 1 aliphatic rings. The molecule has 0 fully saturated rings. The van der Waals surface area contributed by atoms with Gasteiger partial charge in [-0.05, 0) is 36.8 Å². The molecule has 150 valence electrons. The molecule has 1 unspecified atom stereocenters. The predicted octanol–water partition coefficient (Wildman–Crippen LogP) is 4.49. The van der Waals surface area contributed by atoms with Gasteiger partial charge in [-0.3, -0.25) is 9.59 Å². The fourth-order valence-corrected chi connectivity index (χ4v) is 3.63. The van der Waals surface area contributed by atoms with E-state index in [-0.39, 0.29) is 6.42 Å². The second-order valence-electron chi connectivity index (χ2n) is 6.80. The van der Waals surface area contributed by atoms with Crippen LogP contribution in [0.4, 0.5) is 10.5 Å². The molecule has 0 N–H and O–H groups in total. The molecule has 2 amide bonds. The number of ether oxygens (including phenoxy) is 2. The van der Waals surface area contributed by atoms with E-state index in [1.807, 2.05) is 0 Å². The minimum Gasteiger partial charge on any atom is -0.425 e. The molecule has 0 aliphatic carbocycles. The number of nitrogens with zero attached hydrogens (tertiary/aromatic N) is 1. The van der Waals surface area contributed by atoms with Crippen LogP contribution in [-0.2, 0) is 15.0 Å². The number of fused-ring (bicyclic) bond motifs is 1. The van der Waals surface area contributed by atoms with Crippen molar-refractivity contribution in [2.24, 2.45) is 0 Å². The van der Waals surface area contributed by atoms with Gasteiger partial charge in [0.05, 0.1) is 5.69 Å². The average molecular weight is 401 g/mol. The van der Waals surface area contributed by atoms with Crippen molar-refractivity contribution in [3.05, 3.63) is 90.5 Å². The highest BCUT2D eigenvalue weighted by atomic mass is 16.6. The Kier molecular flexibility index (Phi) is 5.06. The molecule has 1 heterocycles. The molecule has 0 saturated carbocycles. The number of amides is 2. The molecule has 6 nitrogen and oxygen atoms in total. The number of hydrogen-bond acceptors (Lipinski definition) is 5. The lowest BCUT2D eigenvalue weighted by atomic mass is 9.79. The molecule has 0 radical (unpaired) electrons. The van der Waals surface area contributed by atoms with Crippen molar-refractivity contribution in [3.8, 4) is 11.5 Å². The van der Waals surface area contributed by atoms with Crippen molar-refractivity contribution in [1.29, 1.82) is 0 Å². The number of rotatable bonds is 4. The first kappa shape index (κ1) is 19.4. The normalized spacial score (nSPS) is 17.4. The summed E-state index contributed by atoms with van der Waals surface area (Å²) >= 11 is 0. The summed E-state index contributed by atoms with van der Waals surface area (Å²) in [7, 11) is 0. The first-order valence-corrected chi connectivity index (χ1v) is 9.56. The summed E-state index contributed by atoms with van der Waals surface area (Å²) < 4.78 is 10.9. The van der Waals surface area contributed by atoms with Crippen molar-refractivity contribution < 1.29 is 23.9 Å². The maximum Gasteiger partial charge on any atom is 0.426 e. The minimum atomic E-state index is -1.64. The largest absolute Gasteiger partial charge is 0.426 e. The molecule has 0 bridgehead atoms. The van der Waals surface area contributed by atoms with E-state index in [0.29, 0.717) is 22.7 Å². The number of imide groups is 1. The zero-order valence-corrected chi connectivity index (χ0v) is 16.3. The molecular weight excluding hydrogens is 382 g/mol. The number of benzene rings is 3. The average Bonchev–Trinajstić information content (AvgIpc) is 3.03. The van der Waals surface area contributed by atoms with Crippen LogP contribution in [0.5, 0.6) is 11.5 Å². The topological polar surface area (TPSA) is 72.9 Å². The first-order chi connectivity index (χ1) is 14.6. The van der Waals surface area contributed by atoms with Gasteiger partial charge in [-0.1, -0.05) is 61.5 Å². The summed E-state index contributed by atoms with van der Waals surface area (Å²) in [5, 5.41) is 0. The van der Waals surface area contributed by atoms with Crippen molar-refractivity contribution in [1.82, 2.24) is 0 Å². The minimum absolute atomic E-state index is 0.129. The molecule has 3 aromatic carbocycles. The van der Waals surface area contributed by atoms with Crippen LogP contribution in [0.2, 0.25) is 0 Å². The first-order valence-electron chi connectivity index (χ1n) is 9.56. The fraction of sp³-hybridized carbons (Fsp3) is 0.125. The highest BCUT2D eigenvalue weighted by Gasteiger charge is 2.58. The van der Waals surface area contributed by atoms with Crippen molar-refractivity contribution in [2.75, 3.05) is 4.90 Å². The molecule has 0 spiro atoms. The number of para-hydroxylation sites is 3. The van der Waals surface area contributed by atoms with Crippen LogP contribution in [0.25, 0.3) is 0 Å².